The van der Waals surface area contributed by atoms with Gasteiger partial charge < -0.3 is 20.4 Å². The Hall–Kier alpha value is -3.26. The molecule has 4 atom stereocenters. The maximum absolute atomic E-state index is 14.2. The number of allylic oxidation sites excluding steroid dienone is 2. The zero-order chi connectivity index (χ0) is 29.8. The van der Waals surface area contributed by atoms with Crippen LogP contribution in [0.15, 0.2) is 28.7 Å². The van der Waals surface area contributed by atoms with E-state index in [1.54, 1.807) is 33.8 Å². The number of hydrogen-bond acceptors (Lipinski definition) is 8. The van der Waals surface area contributed by atoms with E-state index in [1.807, 2.05) is 20.8 Å². The third kappa shape index (κ3) is 3.53. The van der Waals surface area contributed by atoms with Crippen LogP contribution in [0.3, 0.4) is 0 Å². The summed E-state index contributed by atoms with van der Waals surface area (Å²) in [5, 5.41) is 46.4. The Morgan fingerprint density at radius 1 is 1.03 bits per heavy atom. The Kier molecular flexibility index (Phi) is 6.17. The topological polar surface area (TPSA) is 149 Å². The second-order valence-corrected chi connectivity index (χ2v) is 13.4. The molecule has 4 N–H and O–H groups in total. The number of rotatable bonds is 3. The van der Waals surface area contributed by atoms with Crippen molar-refractivity contribution < 1.29 is 39.6 Å². The van der Waals surface area contributed by atoms with Crippen molar-refractivity contribution in [2.24, 2.45) is 22.7 Å². The van der Waals surface area contributed by atoms with Crippen molar-refractivity contribution in [1.82, 2.24) is 0 Å². The van der Waals surface area contributed by atoms with E-state index in [1.165, 1.54) is 6.92 Å². The normalized spacial score (nSPS) is 30.8. The van der Waals surface area contributed by atoms with Crippen molar-refractivity contribution >= 4 is 23.1 Å². The summed E-state index contributed by atoms with van der Waals surface area (Å²) in [6.07, 6.45) is 0.0408. The summed E-state index contributed by atoms with van der Waals surface area (Å²) < 4.78 is 0. The van der Waals surface area contributed by atoms with Gasteiger partial charge in [0.1, 0.15) is 22.8 Å². The SMILES string of the molecule is CC(=O)C1=C(O)C(C(C)C)[C@@]2(C)C[C@@]3(C)Cc4c(C(C)=O)cc(C(C)(C)C)c(O)c4C(=O)C3=C(O)[C@@]2(O)C1=O. The van der Waals surface area contributed by atoms with Crippen molar-refractivity contribution in [2.45, 2.75) is 86.2 Å². The van der Waals surface area contributed by atoms with Gasteiger partial charge in [-0.2, -0.15) is 0 Å². The first-order chi connectivity index (χ1) is 17.7. The Morgan fingerprint density at radius 3 is 2.05 bits per heavy atom. The molecule has 4 rings (SSSR count). The predicted molar refractivity (Wildman–Crippen MR) is 144 cm³/mol. The van der Waals surface area contributed by atoms with Crippen LogP contribution in [0.5, 0.6) is 5.75 Å². The molecule has 0 fully saturated rings. The first-order valence-corrected chi connectivity index (χ1v) is 13.3. The van der Waals surface area contributed by atoms with E-state index in [-0.39, 0.29) is 47.0 Å². The Balaban J connectivity index is 2.13. The molecule has 3 aliphatic rings. The van der Waals surface area contributed by atoms with Crippen LogP contribution in [0.2, 0.25) is 0 Å². The van der Waals surface area contributed by atoms with Gasteiger partial charge in [0.25, 0.3) is 0 Å². The van der Waals surface area contributed by atoms with Crippen LogP contribution in [0.25, 0.3) is 0 Å². The minimum Gasteiger partial charge on any atom is -0.511 e. The van der Waals surface area contributed by atoms with Gasteiger partial charge in [-0.3, -0.25) is 19.2 Å². The third-order valence-electron chi connectivity index (χ3n) is 9.19. The number of aliphatic hydroxyl groups excluding tert-OH is 2. The molecule has 0 bridgehead atoms. The lowest BCUT2D eigenvalue weighted by Gasteiger charge is -2.59. The van der Waals surface area contributed by atoms with Gasteiger partial charge in [0.05, 0.1) is 5.56 Å². The highest BCUT2D eigenvalue weighted by molar-refractivity contribution is 6.25. The molecule has 0 heterocycles. The Bertz CT molecular complexity index is 1440. The Morgan fingerprint density at radius 2 is 1.59 bits per heavy atom. The third-order valence-corrected chi connectivity index (χ3v) is 9.19. The smallest absolute Gasteiger partial charge is 0.209 e. The molecule has 0 aliphatic heterocycles. The zero-order valence-corrected chi connectivity index (χ0v) is 24.1. The number of aromatic hydroxyl groups is 1. The summed E-state index contributed by atoms with van der Waals surface area (Å²) in [5.41, 5.74) is -5.93. The molecule has 3 aliphatic carbocycles. The molecular formula is C31H38O8. The fourth-order valence-electron chi connectivity index (χ4n) is 7.69. The second kappa shape index (κ2) is 8.37. The van der Waals surface area contributed by atoms with Crippen LogP contribution < -0.4 is 0 Å². The predicted octanol–water partition coefficient (Wildman–Crippen LogP) is 4.85. The molecule has 0 spiro atoms. The molecule has 8 heteroatoms. The summed E-state index contributed by atoms with van der Waals surface area (Å²) >= 11 is 0. The standard InChI is InChI=1S/C31H38O8/c1-13(2)21-24(35)19(15(4)33)26(37)31(39)27(38)22-25(36)20-17(11-29(22,8)12-30(21,31)9)16(14(3)32)10-18(23(20)34)28(5,6)7/h10,13,21,34-35,38-39H,11-12H2,1-9H3/t21?,29-,30-,31+/m1/s1. The van der Waals surface area contributed by atoms with Gasteiger partial charge in [-0.15, -0.1) is 0 Å². The first-order valence-electron chi connectivity index (χ1n) is 13.3. The number of carbonyl (C=O) groups is 4. The quantitative estimate of drug-likeness (QED) is 0.315. The van der Waals surface area contributed by atoms with Crippen molar-refractivity contribution in [3.63, 3.8) is 0 Å². The van der Waals surface area contributed by atoms with E-state index in [0.29, 0.717) is 11.1 Å². The largest absolute Gasteiger partial charge is 0.511 e. The van der Waals surface area contributed by atoms with Gasteiger partial charge in [-0.25, -0.2) is 0 Å². The van der Waals surface area contributed by atoms with Crippen LogP contribution in [0.1, 0.15) is 101 Å². The van der Waals surface area contributed by atoms with Gasteiger partial charge in [0.15, 0.2) is 23.0 Å². The van der Waals surface area contributed by atoms with Crippen LogP contribution in [0, 0.1) is 22.7 Å². The number of fused-ring (bicyclic) bond motifs is 3. The molecule has 1 aromatic rings. The van der Waals surface area contributed by atoms with E-state index in [4.69, 9.17) is 0 Å². The average molecular weight is 539 g/mol. The van der Waals surface area contributed by atoms with Crippen LogP contribution >= 0.6 is 0 Å². The highest BCUT2D eigenvalue weighted by Crippen LogP contribution is 2.65. The van der Waals surface area contributed by atoms with E-state index in [2.05, 4.69) is 0 Å². The molecular weight excluding hydrogens is 500 g/mol. The number of Topliss-reactive ketones (excluding diaryl/α,β-unsaturated/α-hetero) is 4. The van der Waals surface area contributed by atoms with Crippen LogP contribution in [0.4, 0.5) is 0 Å². The summed E-state index contributed by atoms with van der Waals surface area (Å²) in [6, 6.07) is 1.61. The molecule has 210 valence electrons. The van der Waals surface area contributed by atoms with E-state index in [9.17, 15) is 39.6 Å². The summed E-state index contributed by atoms with van der Waals surface area (Å²) in [7, 11) is 0. The van der Waals surface area contributed by atoms with E-state index >= 15 is 0 Å². The van der Waals surface area contributed by atoms with Gasteiger partial charge in [0, 0.05) is 33.4 Å². The molecule has 39 heavy (non-hydrogen) atoms. The fourth-order valence-corrected chi connectivity index (χ4v) is 7.69. The van der Waals surface area contributed by atoms with Gasteiger partial charge in [-0.1, -0.05) is 48.5 Å². The van der Waals surface area contributed by atoms with Crippen molar-refractivity contribution in [2.75, 3.05) is 0 Å². The average Bonchev–Trinajstić information content (AvgIpc) is 2.74. The van der Waals surface area contributed by atoms with E-state index < -0.39 is 62.2 Å². The Labute approximate surface area is 228 Å². The lowest BCUT2D eigenvalue weighted by molar-refractivity contribution is -0.171. The summed E-state index contributed by atoms with van der Waals surface area (Å²) in [5.74, 6) is -5.88. The van der Waals surface area contributed by atoms with Gasteiger partial charge >= 0.3 is 0 Å². The molecule has 0 radical (unpaired) electrons. The number of benzene rings is 1. The van der Waals surface area contributed by atoms with Gasteiger partial charge in [0.2, 0.25) is 5.78 Å². The first kappa shape index (κ1) is 28.7. The molecule has 0 amide bonds. The minimum absolute atomic E-state index is 0.0238. The van der Waals surface area contributed by atoms with Crippen LogP contribution in [-0.4, -0.2) is 49.2 Å². The molecule has 8 nitrogen and oxygen atoms in total. The fraction of sp³-hybridized carbons (Fsp3) is 0.548. The van der Waals surface area contributed by atoms with Crippen molar-refractivity contribution in [3.05, 3.63) is 51.0 Å². The molecule has 0 saturated carbocycles. The number of phenolic OH excluding ortho intramolecular Hbond substituents is 1. The second-order valence-electron chi connectivity index (χ2n) is 13.4. The molecule has 1 aromatic carbocycles. The van der Waals surface area contributed by atoms with Crippen molar-refractivity contribution in [3.8, 4) is 5.75 Å². The van der Waals surface area contributed by atoms with Gasteiger partial charge in [-0.05, 0) is 49.7 Å². The molecule has 1 unspecified atom stereocenters. The lowest BCUT2D eigenvalue weighted by Crippen LogP contribution is -2.67. The maximum Gasteiger partial charge on any atom is 0.209 e. The summed E-state index contributed by atoms with van der Waals surface area (Å²) in [6.45, 7) is 14.8. The number of hydrogen-bond donors (Lipinski definition) is 4. The number of phenols is 1. The minimum atomic E-state index is -2.67. The van der Waals surface area contributed by atoms with Crippen LogP contribution in [-0.2, 0) is 21.4 Å². The van der Waals surface area contributed by atoms with Crippen molar-refractivity contribution in [1.29, 1.82) is 0 Å². The maximum atomic E-state index is 14.2. The highest BCUT2D eigenvalue weighted by atomic mass is 16.3. The monoisotopic (exact) mass is 538 g/mol. The van der Waals surface area contributed by atoms with E-state index in [0.717, 1.165) is 6.92 Å². The zero-order valence-electron chi connectivity index (χ0n) is 24.1. The number of ketones is 4. The number of aliphatic hydroxyl groups is 3. The number of carbonyl (C=O) groups excluding carboxylic acids is 4. The molecule has 0 saturated heterocycles. The molecule has 0 aromatic heterocycles. The highest BCUT2D eigenvalue weighted by Gasteiger charge is 2.71. The lowest BCUT2D eigenvalue weighted by atomic mass is 9.44. The summed E-state index contributed by atoms with van der Waals surface area (Å²) in [4.78, 5) is 53.3.